The minimum absolute atomic E-state index is 0.0449. The van der Waals surface area contributed by atoms with Crippen LogP contribution in [0.2, 0.25) is 0 Å². The summed E-state index contributed by atoms with van der Waals surface area (Å²) >= 11 is 0. The summed E-state index contributed by atoms with van der Waals surface area (Å²) in [5, 5.41) is 3.10. The summed E-state index contributed by atoms with van der Waals surface area (Å²) in [5.74, 6) is -0.318. The lowest BCUT2D eigenvalue weighted by Crippen LogP contribution is -2.42. The molecule has 2 heterocycles. The largest absolute Gasteiger partial charge is 0.341 e. The van der Waals surface area contributed by atoms with Crippen molar-refractivity contribution in [1.29, 1.82) is 0 Å². The zero-order valence-corrected chi connectivity index (χ0v) is 19.8. The number of carbonyl (C=O) groups excluding carboxylic acids is 1. The molecule has 0 saturated carbocycles. The highest BCUT2D eigenvalue weighted by Crippen LogP contribution is 2.27. The van der Waals surface area contributed by atoms with Crippen LogP contribution in [0.3, 0.4) is 0 Å². The van der Waals surface area contributed by atoms with Crippen LogP contribution in [0.5, 0.6) is 0 Å². The number of pyridine rings is 1. The van der Waals surface area contributed by atoms with Gasteiger partial charge in [-0.05, 0) is 67.6 Å². The number of carbonyl (C=O) groups is 1. The number of piperidine rings is 1. The molecule has 4 rings (SSSR count). The molecule has 6 nitrogen and oxygen atoms in total. The smallest absolute Gasteiger partial charge is 0.252 e. The molecule has 1 fully saturated rings. The van der Waals surface area contributed by atoms with E-state index in [0.29, 0.717) is 12.1 Å². The number of hydrogen-bond donors (Lipinski definition) is 1. The van der Waals surface area contributed by atoms with Crippen LogP contribution in [0.15, 0.2) is 78.0 Å². The van der Waals surface area contributed by atoms with Gasteiger partial charge in [0.05, 0.1) is 10.9 Å². The molecular formula is C26H29N3O3S. The molecule has 2 atom stereocenters. The summed E-state index contributed by atoms with van der Waals surface area (Å²) in [4.78, 5) is 17.6. The molecule has 1 N–H and O–H groups in total. The Balaban J connectivity index is 1.66. The van der Waals surface area contributed by atoms with Crippen LogP contribution in [0.25, 0.3) is 0 Å². The molecule has 0 aliphatic carbocycles. The van der Waals surface area contributed by atoms with Gasteiger partial charge in [0.25, 0.3) is 5.91 Å². The third-order valence-corrected chi connectivity index (χ3v) is 8.26. The summed E-state index contributed by atoms with van der Waals surface area (Å²) < 4.78 is 28.2. The van der Waals surface area contributed by atoms with E-state index in [1.165, 1.54) is 6.07 Å². The van der Waals surface area contributed by atoms with Gasteiger partial charge >= 0.3 is 0 Å². The maximum absolute atomic E-state index is 13.4. The molecule has 2 aromatic carbocycles. The molecule has 1 saturated heterocycles. The number of nitrogens with zero attached hydrogens (tertiary/aromatic N) is 2. The predicted octanol–water partition coefficient (Wildman–Crippen LogP) is 4.47. The lowest BCUT2D eigenvalue weighted by atomic mass is 9.98. The molecule has 2 unspecified atom stereocenters. The summed E-state index contributed by atoms with van der Waals surface area (Å²) in [5.41, 5.74) is 2.91. The topological polar surface area (TPSA) is 79.4 Å². The molecule has 33 heavy (non-hydrogen) atoms. The second-order valence-electron chi connectivity index (χ2n) is 8.53. The first-order valence-electron chi connectivity index (χ1n) is 11.3. The van der Waals surface area contributed by atoms with Crippen molar-refractivity contribution in [3.8, 4) is 0 Å². The number of aryl methyl sites for hydroxylation is 1. The first kappa shape index (κ1) is 23.1. The normalized spacial score (nSPS) is 17.9. The number of amides is 1. The quantitative estimate of drug-likeness (QED) is 0.585. The van der Waals surface area contributed by atoms with Crippen molar-refractivity contribution in [2.24, 2.45) is 0 Å². The van der Waals surface area contributed by atoms with Gasteiger partial charge < -0.3 is 5.32 Å². The van der Waals surface area contributed by atoms with Crippen LogP contribution in [-0.4, -0.2) is 36.2 Å². The molecule has 0 radical (unpaired) electrons. The number of sulfonamides is 1. The van der Waals surface area contributed by atoms with Gasteiger partial charge in [-0.3, -0.25) is 9.78 Å². The maximum Gasteiger partial charge on any atom is 0.252 e. The third-order valence-electron chi connectivity index (χ3n) is 6.25. The average molecular weight is 464 g/mol. The Hall–Kier alpha value is -3.03. The van der Waals surface area contributed by atoms with Crippen LogP contribution in [0, 0.1) is 6.92 Å². The fourth-order valence-electron chi connectivity index (χ4n) is 4.34. The molecule has 1 aliphatic heterocycles. The highest BCUT2D eigenvalue weighted by molar-refractivity contribution is 7.89. The summed E-state index contributed by atoms with van der Waals surface area (Å²) in [6.07, 6.45) is 6.12. The van der Waals surface area contributed by atoms with Gasteiger partial charge in [0.15, 0.2) is 0 Å². The van der Waals surface area contributed by atoms with Crippen LogP contribution < -0.4 is 5.32 Å². The number of benzene rings is 2. The predicted molar refractivity (Wildman–Crippen MR) is 128 cm³/mol. The van der Waals surface area contributed by atoms with Crippen LogP contribution in [0.4, 0.5) is 0 Å². The van der Waals surface area contributed by atoms with Crippen molar-refractivity contribution < 1.29 is 13.2 Å². The number of aromatic nitrogens is 1. The van der Waals surface area contributed by atoms with E-state index in [9.17, 15) is 13.2 Å². The lowest BCUT2D eigenvalue weighted by molar-refractivity contribution is 0.0942. The van der Waals surface area contributed by atoms with E-state index in [1.54, 1.807) is 28.8 Å². The highest BCUT2D eigenvalue weighted by atomic mass is 32.2. The Kier molecular flexibility index (Phi) is 6.91. The van der Waals surface area contributed by atoms with E-state index in [2.05, 4.69) is 10.3 Å². The van der Waals surface area contributed by atoms with Gasteiger partial charge in [0, 0.05) is 30.5 Å². The van der Waals surface area contributed by atoms with E-state index < -0.39 is 10.0 Å². The van der Waals surface area contributed by atoms with Gasteiger partial charge in [0.2, 0.25) is 10.0 Å². The lowest BCUT2D eigenvalue weighted by Gasteiger charge is -2.32. The molecule has 1 aromatic heterocycles. The molecule has 1 aliphatic rings. The Morgan fingerprint density at radius 3 is 2.42 bits per heavy atom. The summed E-state index contributed by atoms with van der Waals surface area (Å²) in [7, 11) is -3.67. The molecular weight excluding hydrogens is 434 g/mol. The van der Waals surface area contributed by atoms with E-state index in [0.717, 1.165) is 36.0 Å². The molecule has 0 bridgehead atoms. The van der Waals surface area contributed by atoms with Crippen molar-refractivity contribution in [1.82, 2.24) is 14.6 Å². The number of nitrogens with one attached hydrogen (secondary N) is 1. The van der Waals surface area contributed by atoms with Crippen LogP contribution in [0.1, 0.15) is 59.3 Å². The van der Waals surface area contributed by atoms with Crippen molar-refractivity contribution in [3.63, 3.8) is 0 Å². The zero-order valence-electron chi connectivity index (χ0n) is 18.9. The molecule has 3 aromatic rings. The Morgan fingerprint density at radius 2 is 1.73 bits per heavy atom. The first-order chi connectivity index (χ1) is 15.9. The zero-order chi connectivity index (χ0) is 23.4. The minimum atomic E-state index is -3.67. The fraction of sp³-hybridized carbons (Fsp3) is 0.308. The van der Waals surface area contributed by atoms with E-state index in [-0.39, 0.29) is 22.9 Å². The Morgan fingerprint density at radius 1 is 1.03 bits per heavy atom. The minimum Gasteiger partial charge on any atom is -0.341 e. The molecule has 1 amide bonds. The highest BCUT2D eigenvalue weighted by Gasteiger charge is 2.31. The Labute approximate surface area is 195 Å². The monoisotopic (exact) mass is 463 g/mol. The fourth-order valence-corrected chi connectivity index (χ4v) is 6.07. The van der Waals surface area contributed by atoms with E-state index >= 15 is 0 Å². The van der Waals surface area contributed by atoms with Crippen LogP contribution in [-0.2, 0) is 10.0 Å². The van der Waals surface area contributed by atoms with Gasteiger partial charge in [-0.2, -0.15) is 4.31 Å². The van der Waals surface area contributed by atoms with Gasteiger partial charge in [0.1, 0.15) is 0 Å². The van der Waals surface area contributed by atoms with E-state index in [4.69, 9.17) is 0 Å². The molecule has 172 valence electrons. The van der Waals surface area contributed by atoms with Crippen molar-refractivity contribution >= 4 is 15.9 Å². The Bertz CT molecular complexity index is 1170. The van der Waals surface area contributed by atoms with Gasteiger partial charge in [-0.1, -0.05) is 42.8 Å². The standard InChI is InChI=1S/C26H29N3O3S/c1-19-11-12-23(33(31,32)29-17-7-6-8-20(29)2)18-24(19)26(30)28-25(21-9-4-3-5-10-21)22-13-15-27-16-14-22/h3-5,9-16,18,20,25H,6-8,17H2,1-2H3,(H,28,30). The van der Waals surface area contributed by atoms with Crippen molar-refractivity contribution in [3.05, 3.63) is 95.3 Å². The summed E-state index contributed by atoms with van der Waals surface area (Å²) in [6.45, 7) is 4.27. The average Bonchev–Trinajstić information content (AvgIpc) is 2.84. The van der Waals surface area contributed by atoms with E-state index in [1.807, 2.05) is 56.3 Å². The third kappa shape index (κ3) is 4.99. The SMILES string of the molecule is Cc1ccc(S(=O)(=O)N2CCCCC2C)cc1C(=O)NC(c1ccccc1)c1ccncc1. The van der Waals surface area contributed by atoms with Gasteiger partial charge in [-0.25, -0.2) is 8.42 Å². The molecule has 0 spiro atoms. The number of hydrogen-bond acceptors (Lipinski definition) is 4. The molecule has 7 heteroatoms. The first-order valence-corrected chi connectivity index (χ1v) is 12.7. The summed E-state index contributed by atoms with van der Waals surface area (Å²) in [6, 6.07) is 17.8. The second-order valence-corrected chi connectivity index (χ2v) is 10.4. The van der Waals surface area contributed by atoms with Crippen molar-refractivity contribution in [2.45, 2.75) is 50.1 Å². The number of rotatable bonds is 6. The van der Waals surface area contributed by atoms with Gasteiger partial charge in [-0.15, -0.1) is 0 Å². The van der Waals surface area contributed by atoms with Crippen molar-refractivity contribution in [2.75, 3.05) is 6.54 Å². The van der Waals surface area contributed by atoms with Crippen LogP contribution >= 0.6 is 0 Å². The maximum atomic E-state index is 13.4. The second kappa shape index (κ2) is 9.85.